The van der Waals surface area contributed by atoms with E-state index in [1.165, 1.54) is 12.0 Å². The number of carbonyl (C=O) groups is 4. The van der Waals surface area contributed by atoms with Crippen molar-refractivity contribution in [3.05, 3.63) is 89.5 Å². The summed E-state index contributed by atoms with van der Waals surface area (Å²) in [7, 11) is -0.730. The molecule has 5 rings (SSSR count). The first-order valence-electron chi connectivity index (χ1n) is 17.6. The molecule has 2 aliphatic rings. The van der Waals surface area contributed by atoms with Crippen molar-refractivity contribution in [2.45, 2.75) is 69.5 Å². The van der Waals surface area contributed by atoms with E-state index in [1.54, 1.807) is 67.6 Å². The number of anilines is 2. The molecule has 13 heteroatoms. The van der Waals surface area contributed by atoms with Crippen LogP contribution in [-0.2, 0) is 36.0 Å². The summed E-state index contributed by atoms with van der Waals surface area (Å²) in [4.78, 5) is 56.9. The van der Waals surface area contributed by atoms with E-state index in [4.69, 9.17) is 14.2 Å². The Morgan fingerprint density at radius 2 is 1.75 bits per heavy atom. The number of hydrogen-bond acceptors (Lipinski definition) is 8. The van der Waals surface area contributed by atoms with Gasteiger partial charge in [0.25, 0.3) is 11.8 Å². The molecule has 2 heterocycles. The van der Waals surface area contributed by atoms with Gasteiger partial charge >= 0.3 is 5.97 Å². The molecule has 2 N–H and O–H groups in total. The van der Waals surface area contributed by atoms with Gasteiger partial charge in [0.2, 0.25) is 14.3 Å². The molecule has 4 atom stereocenters. The minimum atomic E-state index is -3.60. The van der Waals surface area contributed by atoms with Gasteiger partial charge in [-0.15, -0.1) is 0 Å². The quantitative estimate of drug-likeness (QED) is 0.0864. The molecule has 0 radical (unpaired) electrons. The molecule has 0 unspecified atom stereocenters. The van der Waals surface area contributed by atoms with E-state index in [1.807, 2.05) is 37.3 Å². The van der Waals surface area contributed by atoms with Crippen LogP contribution in [0.3, 0.4) is 0 Å². The predicted molar refractivity (Wildman–Crippen MR) is 197 cm³/mol. The van der Waals surface area contributed by atoms with Gasteiger partial charge in [0, 0.05) is 54.3 Å². The number of halogens is 1. The van der Waals surface area contributed by atoms with Crippen LogP contribution in [0.4, 0.5) is 15.5 Å². The maximum Gasteiger partial charge on any atom is 0.305 e. The third-order valence-electron chi connectivity index (χ3n) is 10.1. The predicted octanol–water partition coefficient (Wildman–Crippen LogP) is 5.82. The fourth-order valence-electron chi connectivity index (χ4n) is 7.65. The van der Waals surface area contributed by atoms with E-state index < -0.39 is 31.6 Å². The molecular formula is C39H48FN3O8Si. The molecule has 0 aliphatic carbocycles. The van der Waals surface area contributed by atoms with E-state index in [0.29, 0.717) is 41.1 Å². The zero-order chi connectivity index (χ0) is 37.6. The molecule has 0 bridgehead atoms. The van der Waals surface area contributed by atoms with Crippen LogP contribution in [0.25, 0.3) is 0 Å². The first kappa shape index (κ1) is 38.6. The van der Waals surface area contributed by atoms with E-state index in [0.717, 1.165) is 5.56 Å². The Morgan fingerprint density at radius 1 is 1.04 bits per heavy atom. The molecule has 3 aromatic carbocycles. The molecule has 1 spiro atoms. The Balaban J connectivity index is 1.50. The standard InChI is InChI=1S/C39H48FN3O8Si/c1-26-36(52(4,5)40)33(24-34(45)42(21-22-44)25-27-11-7-6-8-12-27)51-39(26)31-23-29(41-37(47)28-14-17-30(49-2)18-15-28)16-19-32(31)43(38(39)48)20-10-9-13-35(46)50-3/h6-8,11-12,14-19,23,26,33,36,44H,9-10,13,20-22,24-25H2,1-5H3,(H,41,47)/t26-,33+,36-,39+/m0/s1. The first-order valence-corrected chi connectivity index (χ1v) is 20.6. The summed E-state index contributed by atoms with van der Waals surface area (Å²) >= 11 is 0. The molecule has 0 aromatic heterocycles. The van der Waals surface area contributed by atoms with Crippen LogP contribution in [0, 0.1) is 5.92 Å². The number of aliphatic hydroxyl groups excluding tert-OH is 1. The lowest BCUT2D eigenvalue weighted by Gasteiger charge is -2.31. The Morgan fingerprint density at radius 3 is 2.38 bits per heavy atom. The Kier molecular flexibility index (Phi) is 12.2. The van der Waals surface area contributed by atoms with E-state index in [9.17, 15) is 24.3 Å². The smallest absolute Gasteiger partial charge is 0.305 e. The zero-order valence-corrected chi connectivity index (χ0v) is 31.4. The highest BCUT2D eigenvalue weighted by Gasteiger charge is 2.67. The van der Waals surface area contributed by atoms with Crippen LogP contribution in [0.15, 0.2) is 72.8 Å². The van der Waals surface area contributed by atoms with Crippen LogP contribution in [0.5, 0.6) is 5.75 Å². The number of rotatable bonds is 15. The minimum Gasteiger partial charge on any atom is -0.497 e. The number of ether oxygens (including phenoxy) is 3. The number of esters is 1. The number of benzene rings is 3. The van der Waals surface area contributed by atoms with E-state index >= 15 is 4.11 Å². The summed E-state index contributed by atoms with van der Waals surface area (Å²) in [5.41, 5.74) is 0.373. The Bertz CT molecular complexity index is 1750. The van der Waals surface area contributed by atoms with Crippen molar-refractivity contribution < 1.29 is 42.6 Å². The average Bonchev–Trinajstić information content (AvgIpc) is 3.55. The number of carbonyl (C=O) groups excluding carboxylic acids is 4. The topological polar surface area (TPSA) is 135 Å². The van der Waals surface area contributed by atoms with Crippen LogP contribution >= 0.6 is 0 Å². The van der Waals surface area contributed by atoms with Crippen molar-refractivity contribution in [3.63, 3.8) is 0 Å². The lowest BCUT2D eigenvalue weighted by Crippen LogP contribution is -2.45. The minimum absolute atomic E-state index is 0.0840. The Labute approximate surface area is 305 Å². The molecule has 1 saturated heterocycles. The molecule has 2 aliphatic heterocycles. The van der Waals surface area contributed by atoms with Gasteiger partial charge in [-0.25, -0.2) is 0 Å². The van der Waals surface area contributed by atoms with Crippen molar-refractivity contribution in [1.29, 1.82) is 0 Å². The third kappa shape index (κ3) is 8.06. The fourth-order valence-corrected chi connectivity index (χ4v) is 10.1. The molecule has 11 nitrogen and oxygen atoms in total. The summed E-state index contributed by atoms with van der Waals surface area (Å²) in [5, 5.41) is 12.7. The van der Waals surface area contributed by atoms with Crippen molar-refractivity contribution in [3.8, 4) is 5.75 Å². The largest absolute Gasteiger partial charge is 0.497 e. The number of nitrogens with zero attached hydrogens (tertiary/aromatic N) is 2. The zero-order valence-electron chi connectivity index (χ0n) is 30.4. The maximum absolute atomic E-state index is 16.5. The van der Waals surface area contributed by atoms with Gasteiger partial charge in [-0.1, -0.05) is 37.3 Å². The van der Waals surface area contributed by atoms with Gasteiger partial charge in [0.05, 0.1) is 39.0 Å². The van der Waals surface area contributed by atoms with Crippen LogP contribution in [0.1, 0.15) is 54.1 Å². The lowest BCUT2D eigenvalue weighted by atomic mass is 9.82. The van der Waals surface area contributed by atoms with Gasteiger partial charge in [-0.2, -0.15) is 0 Å². The number of hydrogen-bond donors (Lipinski definition) is 2. The van der Waals surface area contributed by atoms with Gasteiger partial charge in [0.15, 0.2) is 5.60 Å². The molecule has 0 saturated carbocycles. The van der Waals surface area contributed by atoms with Crippen molar-refractivity contribution in [2.75, 3.05) is 44.1 Å². The van der Waals surface area contributed by atoms with Gasteiger partial charge in [-0.3, -0.25) is 19.2 Å². The number of amides is 3. The van der Waals surface area contributed by atoms with Crippen LogP contribution < -0.4 is 15.0 Å². The van der Waals surface area contributed by atoms with Gasteiger partial charge < -0.3 is 38.5 Å². The number of methoxy groups -OCH3 is 2. The molecule has 278 valence electrons. The third-order valence-corrected chi connectivity index (χ3v) is 12.6. The van der Waals surface area contributed by atoms with Crippen molar-refractivity contribution in [1.82, 2.24) is 4.90 Å². The molecular weight excluding hydrogens is 686 g/mol. The monoisotopic (exact) mass is 733 g/mol. The maximum atomic E-state index is 16.5. The van der Waals surface area contributed by atoms with Gasteiger partial charge in [0.1, 0.15) is 5.75 Å². The number of nitrogens with one attached hydrogen (secondary N) is 1. The summed E-state index contributed by atoms with van der Waals surface area (Å²) in [6, 6.07) is 21.2. The summed E-state index contributed by atoms with van der Waals surface area (Å²) in [6.45, 7) is 5.31. The Hall–Kier alpha value is -4.59. The summed E-state index contributed by atoms with van der Waals surface area (Å²) in [6.07, 6.45) is 0.0584. The summed E-state index contributed by atoms with van der Waals surface area (Å²) < 4.78 is 33.3. The highest BCUT2D eigenvalue weighted by molar-refractivity contribution is 6.72. The molecule has 52 heavy (non-hydrogen) atoms. The number of fused-ring (bicyclic) bond motifs is 2. The highest BCUT2D eigenvalue weighted by Crippen LogP contribution is 2.60. The number of unbranched alkanes of at least 4 members (excludes halogenated alkanes) is 1. The first-order chi connectivity index (χ1) is 24.8. The lowest BCUT2D eigenvalue weighted by molar-refractivity contribution is -0.149. The molecule has 3 aromatic rings. The second kappa shape index (κ2) is 16.4. The highest BCUT2D eigenvalue weighted by atomic mass is 28.4. The van der Waals surface area contributed by atoms with Crippen LogP contribution in [0.2, 0.25) is 18.6 Å². The van der Waals surface area contributed by atoms with E-state index in [2.05, 4.69) is 5.32 Å². The van der Waals surface area contributed by atoms with E-state index in [-0.39, 0.29) is 62.8 Å². The second-order valence-electron chi connectivity index (χ2n) is 13.9. The second-order valence-corrected chi connectivity index (χ2v) is 17.7. The van der Waals surface area contributed by atoms with Crippen molar-refractivity contribution >= 4 is 43.5 Å². The van der Waals surface area contributed by atoms with Crippen LogP contribution in [-0.4, -0.2) is 82.1 Å². The normalized spacial score (nSPS) is 20.9. The fraction of sp³-hybridized carbons (Fsp3) is 0.436. The molecule has 3 amide bonds. The van der Waals surface area contributed by atoms with Gasteiger partial charge in [-0.05, 0) is 74.0 Å². The SMILES string of the molecule is COC(=O)CCCCN1C(=O)[C@]2(O[C@H](CC(=O)N(CCO)Cc3ccccc3)[C@@H]([Si](C)(C)F)[C@@H]2C)c2cc(NC(=O)c3ccc(OC)cc3)ccc21. The number of aliphatic hydroxyl groups is 1. The molecule has 1 fully saturated rings. The van der Waals surface area contributed by atoms with Crippen molar-refractivity contribution in [2.24, 2.45) is 5.92 Å². The summed E-state index contributed by atoms with van der Waals surface area (Å²) in [5.74, 6) is -1.47. The average molecular weight is 734 g/mol.